The van der Waals surface area contributed by atoms with Gasteiger partial charge in [-0.15, -0.1) is 35.0 Å². The van der Waals surface area contributed by atoms with Gasteiger partial charge in [-0.2, -0.15) is 0 Å². The van der Waals surface area contributed by atoms with E-state index in [0.717, 1.165) is 71.1 Å². The number of hydrogen-bond donors (Lipinski definition) is 1. The molecule has 3 heterocycles. The Balaban J connectivity index is 0.00000278. The normalized spacial score (nSPS) is 11.7. The molecule has 0 aliphatic rings. The maximum Gasteiger partial charge on any atom is 0.144 e. The summed E-state index contributed by atoms with van der Waals surface area (Å²) in [4.78, 5) is 10.5. The average molecular weight is 736 g/mol. The van der Waals surface area contributed by atoms with Crippen molar-refractivity contribution >= 4 is 65.4 Å². The number of phenolic OH excluding ortho intramolecular Hbond substituents is 1. The average Bonchev–Trinajstić information content (AvgIpc) is 3.56. The van der Waals surface area contributed by atoms with Crippen LogP contribution in [0.4, 0.5) is 0 Å². The number of fused-ring (bicyclic) bond motifs is 9. The van der Waals surface area contributed by atoms with Crippen LogP contribution in [0.15, 0.2) is 114 Å². The third kappa shape index (κ3) is 3.68. The molecule has 0 radical (unpaired) electrons. The number of pyridine rings is 1. The smallest absolute Gasteiger partial charge is 0.144 e. The fourth-order valence-corrected chi connectivity index (χ4v) is 6.40. The molecule has 9 aromatic rings. The number of hydrogen-bond acceptors (Lipinski definition) is 4. The standard InChI is InChI=1S/C37H22N3O2.Pt/c1-40-30-15-8-14-27(35-25-13-5-4-11-23(25)26-18-17-21-9-2-3-10-22(21)34(26)38-35)36(30)39-37(40)29-19-28-24-12-6-7-16-32(24)42-33(28)20-31(29)41;/h2-9,11-20,41H,1H3;/q-1;. The zero-order valence-electron chi connectivity index (χ0n) is 22.9. The van der Waals surface area contributed by atoms with Crippen LogP contribution in [0, 0.1) is 6.07 Å². The predicted octanol–water partition coefficient (Wildman–Crippen LogP) is 9.16. The number of aromatic nitrogens is 3. The van der Waals surface area contributed by atoms with Crippen molar-refractivity contribution in [3.63, 3.8) is 0 Å². The van der Waals surface area contributed by atoms with Crippen molar-refractivity contribution in [1.82, 2.24) is 14.5 Å². The molecule has 1 N–H and O–H groups in total. The zero-order valence-corrected chi connectivity index (χ0v) is 25.2. The first-order valence-electron chi connectivity index (χ1n) is 13.9. The molecule has 3 aromatic heterocycles. The molecule has 0 bridgehead atoms. The van der Waals surface area contributed by atoms with Gasteiger partial charge in [0.15, 0.2) is 0 Å². The van der Waals surface area contributed by atoms with E-state index in [1.807, 2.05) is 60.1 Å². The van der Waals surface area contributed by atoms with Crippen molar-refractivity contribution in [3.8, 4) is 28.4 Å². The molecule has 9 rings (SSSR count). The molecule has 0 amide bonds. The molecular weight excluding hydrogens is 714 g/mol. The number of aryl methyl sites for hydroxylation is 1. The maximum absolute atomic E-state index is 11.2. The van der Waals surface area contributed by atoms with Gasteiger partial charge in [0.05, 0.1) is 22.3 Å². The number of benzene rings is 6. The van der Waals surface area contributed by atoms with Crippen molar-refractivity contribution in [2.75, 3.05) is 0 Å². The van der Waals surface area contributed by atoms with Crippen LogP contribution in [0.5, 0.6) is 5.75 Å². The van der Waals surface area contributed by atoms with E-state index in [4.69, 9.17) is 14.4 Å². The molecule has 208 valence electrons. The quantitative estimate of drug-likeness (QED) is 0.142. The molecule has 5 nitrogen and oxygen atoms in total. The van der Waals surface area contributed by atoms with Gasteiger partial charge in [-0.3, -0.25) is 4.98 Å². The van der Waals surface area contributed by atoms with Crippen LogP contribution in [0.3, 0.4) is 0 Å². The van der Waals surface area contributed by atoms with Crippen molar-refractivity contribution < 1.29 is 30.6 Å². The summed E-state index contributed by atoms with van der Waals surface area (Å²) in [7, 11) is 1.99. The number of phenols is 1. The van der Waals surface area contributed by atoms with Crippen LogP contribution in [-0.2, 0) is 28.1 Å². The Labute approximate surface area is 260 Å². The second-order valence-electron chi connectivity index (χ2n) is 10.7. The Morgan fingerprint density at radius 1 is 0.674 bits per heavy atom. The summed E-state index contributed by atoms with van der Waals surface area (Å²) >= 11 is 0. The van der Waals surface area contributed by atoms with E-state index >= 15 is 0 Å². The summed E-state index contributed by atoms with van der Waals surface area (Å²) in [6.45, 7) is 0. The number of nitrogens with zero attached hydrogens (tertiary/aromatic N) is 3. The van der Waals surface area contributed by atoms with Crippen LogP contribution in [-0.4, -0.2) is 19.6 Å². The van der Waals surface area contributed by atoms with E-state index in [2.05, 4.69) is 60.7 Å². The summed E-state index contributed by atoms with van der Waals surface area (Å²) < 4.78 is 8.03. The third-order valence-corrected chi connectivity index (χ3v) is 8.41. The van der Waals surface area contributed by atoms with E-state index in [1.165, 1.54) is 0 Å². The van der Waals surface area contributed by atoms with Gasteiger partial charge in [0.2, 0.25) is 0 Å². The first kappa shape index (κ1) is 25.7. The number of imidazole rings is 1. The fraction of sp³-hybridized carbons (Fsp3) is 0.0270. The van der Waals surface area contributed by atoms with Gasteiger partial charge >= 0.3 is 0 Å². The Morgan fingerprint density at radius 3 is 2.37 bits per heavy atom. The first-order valence-corrected chi connectivity index (χ1v) is 13.9. The molecule has 0 aliphatic heterocycles. The molecular formula is C37H22N3O2Pt-. The minimum Gasteiger partial charge on any atom is -0.507 e. The SMILES string of the molecule is Cn1c(-c2cc3c(cc2O)oc2ccccc23)nc2c(-c3nc4c5[c-]cccc5ccc4c4ccccc34)cccc21.[Pt]. The zero-order chi connectivity index (χ0) is 27.9. The van der Waals surface area contributed by atoms with Gasteiger partial charge in [-0.25, -0.2) is 4.98 Å². The van der Waals surface area contributed by atoms with Crippen LogP contribution >= 0.6 is 0 Å². The number of para-hydroxylation sites is 2. The second kappa shape index (κ2) is 9.52. The van der Waals surface area contributed by atoms with Gasteiger partial charge < -0.3 is 14.1 Å². The van der Waals surface area contributed by atoms with Gasteiger partial charge in [0, 0.05) is 55.9 Å². The molecule has 6 aromatic carbocycles. The summed E-state index contributed by atoms with van der Waals surface area (Å²) in [5.41, 5.74) is 6.60. The summed E-state index contributed by atoms with van der Waals surface area (Å²) in [6, 6.07) is 39.9. The summed E-state index contributed by atoms with van der Waals surface area (Å²) in [5, 5.41) is 18.5. The van der Waals surface area contributed by atoms with E-state index in [0.29, 0.717) is 17.0 Å². The largest absolute Gasteiger partial charge is 0.507 e. The Morgan fingerprint density at radius 2 is 1.49 bits per heavy atom. The van der Waals surface area contributed by atoms with Crippen molar-refractivity contribution in [2.24, 2.45) is 7.05 Å². The topological polar surface area (TPSA) is 64.1 Å². The molecule has 0 spiro atoms. The molecule has 0 atom stereocenters. The summed E-state index contributed by atoms with van der Waals surface area (Å²) in [5.74, 6) is 0.795. The molecule has 0 saturated heterocycles. The van der Waals surface area contributed by atoms with Crippen molar-refractivity contribution in [1.29, 1.82) is 0 Å². The molecule has 6 heteroatoms. The second-order valence-corrected chi connectivity index (χ2v) is 10.7. The van der Waals surface area contributed by atoms with E-state index in [1.54, 1.807) is 6.07 Å². The third-order valence-electron chi connectivity index (χ3n) is 8.41. The minimum absolute atomic E-state index is 0. The van der Waals surface area contributed by atoms with Crippen molar-refractivity contribution in [2.45, 2.75) is 0 Å². The number of furan rings is 1. The minimum atomic E-state index is 0. The first-order chi connectivity index (χ1) is 20.7. The van der Waals surface area contributed by atoms with E-state index in [-0.39, 0.29) is 26.8 Å². The Kier molecular flexibility index (Phi) is 5.69. The Hall–Kier alpha value is -4.99. The van der Waals surface area contributed by atoms with E-state index in [9.17, 15) is 5.11 Å². The fourth-order valence-electron chi connectivity index (χ4n) is 6.40. The van der Waals surface area contributed by atoms with E-state index < -0.39 is 0 Å². The van der Waals surface area contributed by atoms with Gasteiger partial charge in [-0.1, -0.05) is 66.7 Å². The molecule has 0 aliphatic carbocycles. The number of rotatable bonds is 2. The molecule has 43 heavy (non-hydrogen) atoms. The monoisotopic (exact) mass is 735 g/mol. The number of aromatic hydroxyl groups is 1. The van der Waals surface area contributed by atoms with Gasteiger partial charge in [0.25, 0.3) is 0 Å². The van der Waals surface area contributed by atoms with Crippen LogP contribution in [0.1, 0.15) is 0 Å². The van der Waals surface area contributed by atoms with Crippen LogP contribution in [0.25, 0.3) is 88.1 Å². The Bertz CT molecular complexity index is 2560. The molecule has 0 fully saturated rings. The molecule has 0 saturated carbocycles. The van der Waals surface area contributed by atoms with Gasteiger partial charge in [-0.05, 0) is 34.5 Å². The van der Waals surface area contributed by atoms with Crippen LogP contribution < -0.4 is 0 Å². The summed E-state index contributed by atoms with van der Waals surface area (Å²) in [6.07, 6.45) is 0. The molecule has 0 unspecified atom stereocenters. The van der Waals surface area contributed by atoms with Gasteiger partial charge in [0.1, 0.15) is 22.7 Å². The van der Waals surface area contributed by atoms with Crippen LogP contribution in [0.2, 0.25) is 0 Å². The predicted molar refractivity (Wildman–Crippen MR) is 170 cm³/mol. The maximum atomic E-state index is 11.2. The van der Waals surface area contributed by atoms with Crippen molar-refractivity contribution in [3.05, 3.63) is 115 Å².